The highest BCUT2D eigenvalue weighted by atomic mass is 28.1. The minimum absolute atomic E-state index is 0. The third-order valence-electron chi connectivity index (χ3n) is 0. The molecule has 0 unspecified atom stereocenters. The van der Waals surface area contributed by atoms with Crippen LogP contribution in [0.15, 0.2) is 0 Å². The van der Waals surface area contributed by atoms with Crippen LogP contribution in [-0.2, 0) is 0 Å². The molecular formula is H22OSi5. The van der Waals surface area contributed by atoms with Gasteiger partial charge < -0.3 is 5.48 Å². The van der Waals surface area contributed by atoms with Crippen molar-refractivity contribution in [3.8, 4) is 0 Å². The molecule has 0 atom stereocenters. The van der Waals surface area contributed by atoms with Gasteiger partial charge in [-0.15, -0.1) is 0 Å². The third-order valence-corrected chi connectivity index (χ3v) is 0. The van der Waals surface area contributed by atoms with E-state index in [4.69, 9.17) is 0 Å². The Hall–Kier alpha value is 1.04. The molecular weight excluding hydrogens is 156 g/mol. The van der Waals surface area contributed by atoms with Gasteiger partial charge >= 0.3 is 0 Å². The Kier molecular flexibility index (Phi) is 5540. The molecule has 0 radical (unpaired) electrons. The highest BCUT2D eigenvalue weighted by molar-refractivity contribution is 5.76. The summed E-state index contributed by atoms with van der Waals surface area (Å²) >= 11 is 0. The summed E-state index contributed by atoms with van der Waals surface area (Å²) in [6, 6.07) is 0. The van der Waals surface area contributed by atoms with Gasteiger partial charge in [0.2, 0.25) is 0 Å². The average Bonchev–Trinajstić information content (AvgIpc) is 0. The second-order valence-corrected chi connectivity index (χ2v) is 0. The van der Waals surface area contributed by atoms with Crippen molar-refractivity contribution in [2.24, 2.45) is 0 Å². The van der Waals surface area contributed by atoms with E-state index in [9.17, 15) is 0 Å². The maximum Gasteiger partial charge on any atom is -0.0149 e. The fourth-order valence-electron chi connectivity index (χ4n) is 0. The molecule has 48 valence electrons. The quantitative estimate of drug-likeness (QED) is 0.330. The Balaban J connectivity index is 0. The lowest BCUT2D eigenvalue weighted by Crippen LogP contribution is -0.382. The second-order valence-electron chi connectivity index (χ2n) is 0. The topological polar surface area (TPSA) is 31.5 Å². The minimum atomic E-state index is 0. The van der Waals surface area contributed by atoms with Crippen molar-refractivity contribution in [3.05, 3.63) is 0 Å². The van der Waals surface area contributed by atoms with E-state index in [2.05, 4.69) is 0 Å². The molecule has 0 saturated heterocycles. The molecule has 0 aliphatic heterocycles. The fourth-order valence-corrected chi connectivity index (χ4v) is 0. The van der Waals surface area contributed by atoms with E-state index in [1.54, 1.807) is 0 Å². The van der Waals surface area contributed by atoms with Gasteiger partial charge in [-0.05, 0) is 54.8 Å². The molecule has 1 nitrogen and oxygen atoms in total. The summed E-state index contributed by atoms with van der Waals surface area (Å²) in [7, 11) is 0. The average molecular weight is 179 g/mol. The highest BCUT2D eigenvalue weighted by Crippen LogP contribution is -0.289. The molecule has 0 aromatic heterocycles. The number of hydrogen-bond donors (Lipinski definition) is 0. The molecule has 0 bridgehead atoms. The molecule has 6 heteroatoms. The van der Waals surface area contributed by atoms with E-state index in [1.165, 1.54) is 0 Å². The van der Waals surface area contributed by atoms with E-state index >= 15 is 0 Å². The van der Waals surface area contributed by atoms with Crippen LogP contribution < -0.4 is 0 Å². The van der Waals surface area contributed by atoms with Crippen molar-refractivity contribution in [2.75, 3.05) is 0 Å². The molecule has 0 aromatic carbocycles. The fraction of sp³-hybridized carbons (Fsp3) is 0. The Bertz CT molecular complexity index is 3.90. The van der Waals surface area contributed by atoms with E-state index in [0.717, 1.165) is 0 Å². The predicted molar refractivity (Wildman–Crippen MR) is 60.3 cm³/mol. The molecule has 0 fully saturated rings. The van der Waals surface area contributed by atoms with Crippen molar-refractivity contribution in [1.82, 2.24) is 0 Å². The first-order valence-corrected chi connectivity index (χ1v) is 0. The van der Waals surface area contributed by atoms with Gasteiger partial charge in [-0.25, -0.2) is 0 Å². The Morgan fingerprint density at radius 3 is 0.333 bits per heavy atom. The zero-order valence-electron chi connectivity index (χ0n) is 0.500. The van der Waals surface area contributed by atoms with E-state index in [-0.39, 0.29) is 60.3 Å². The Labute approximate surface area is 60.7 Å². The summed E-state index contributed by atoms with van der Waals surface area (Å²) in [4.78, 5) is 0. The summed E-state index contributed by atoms with van der Waals surface area (Å²) < 4.78 is 0. The molecule has 2 N–H and O–H groups in total. The maximum atomic E-state index is 0. The van der Waals surface area contributed by atoms with Crippen LogP contribution in [0.1, 0.15) is 0 Å². The van der Waals surface area contributed by atoms with Crippen LogP contribution in [0.4, 0.5) is 0 Å². The van der Waals surface area contributed by atoms with Gasteiger partial charge in [-0.2, -0.15) is 0 Å². The first-order valence-electron chi connectivity index (χ1n) is 0. The van der Waals surface area contributed by atoms with Crippen molar-refractivity contribution in [2.45, 2.75) is 0 Å². The van der Waals surface area contributed by atoms with E-state index in [0.29, 0.717) is 0 Å². The van der Waals surface area contributed by atoms with Crippen LogP contribution in [0.3, 0.4) is 0 Å². The summed E-state index contributed by atoms with van der Waals surface area (Å²) in [5.74, 6) is 0. The lowest BCUT2D eigenvalue weighted by Gasteiger charge is -0.412. The monoisotopic (exact) mass is 178 g/mol. The lowest BCUT2D eigenvalue weighted by molar-refractivity contribution is 0.824. The lowest BCUT2D eigenvalue weighted by atomic mass is 16.0. The van der Waals surface area contributed by atoms with Crippen molar-refractivity contribution >= 4 is 54.8 Å². The largest absolute Gasteiger partial charge is 0.412 e. The molecule has 0 aliphatic carbocycles. The molecule has 0 rings (SSSR count). The standard InChI is InChI=1S/H2O.5H4Si/h1H2;5*1H4. The van der Waals surface area contributed by atoms with Crippen LogP contribution >= 0.6 is 0 Å². The van der Waals surface area contributed by atoms with E-state index < -0.39 is 0 Å². The summed E-state index contributed by atoms with van der Waals surface area (Å²) in [5.41, 5.74) is 0. The predicted octanol–water partition coefficient (Wildman–Crippen LogP) is -8.08. The first kappa shape index (κ1) is 236. The van der Waals surface area contributed by atoms with Crippen LogP contribution in [0.2, 0.25) is 0 Å². The van der Waals surface area contributed by atoms with Crippen molar-refractivity contribution in [1.29, 1.82) is 0 Å². The minimum Gasteiger partial charge on any atom is -0.412 e. The summed E-state index contributed by atoms with van der Waals surface area (Å²) in [6.07, 6.45) is 0. The molecule has 0 spiro atoms. The molecule has 6 heavy (non-hydrogen) atoms. The smallest absolute Gasteiger partial charge is 0.0149 e. The zero-order chi connectivity index (χ0) is 0. The summed E-state index contributed by atoms with van der Waals surface area (Å²) in [5, 5.41) is 0. The van der Waals surface area contributed by atoms with Crippen LogP contribution in [-0.4, -0.2) is 60.3 Å². The Morgan fingerprint density at radius 1 is 0.333 bits per heavy atom. The van der Waals surface area contributed by atoms with Gasteiger partial charge in [0.05, 0.1) is 0 Å². The number of hydrogen-bond acceptors (Lipinski definition) is 0. The van der Waals surface area contributed by atoms with Gasteiger partial charge in [0, 0.05) is 0 Å². The van der Waals surface area contributed by atoms with Gasteiger partial charge in [-0.3, -0.25) is 0 Å². The normalized spacial score (nSPS) is 0. The first-order chi connectivity index (χ1) is 0. The zero-order valence-corrected chi connectivity index (χ0v) is 0.500. The SMILES string of the molecule is O.[SiH4].[SiH4].[SiH4].[SiH4].[SiH4]. The van der Waals surface area contributed by atoms with Crippen LogP contribution in [0.25, 0.3) is 0 Å². The third kappa shape index (κ3) is 75.6. The van der Waals surface area contributed by atoms with Gasteiger partial charge in [-0.1, -0.05) is 0 Å². The Morgan fingerprint density at radius 2 is 0.333 bits per heavy atom. The van der Waals surface area contributed by atoms with Crippen LogP contribution in [0, 0.1) is 0 Å². The van der Waals surface area contributed by atoms with Crippen molar-refractivity contribution < 1.29 is 5.48 Å². The van der Waals surface area contributed by atoms with Crippen molar-refractivity contribution in [3.63, 3.8) is 0 Å². The highest BCUT2D eigenvalue weighted by Gasteiger charge is -0.0108. The molecule has 0 aliphatic rings. The molecule has 0 saturated carbocycles. The number of rotatable bonds is 0. The van der Waals surface area contributed by atoms with Gasteiger partial charge in [0.1, 0.15) is 0 Å². The molecule has 0 aromatic rings. The maximum absolute atomic E-state index is 0. The second kappa shape index (κ2) is 141. The molecule has 0 amide bonds. The summed E-state index contributed by atoms with van der Waals surface area (Å²) in [6.45, 7) is 0. The van der Waals surface area contributed by atoms with E-state index in [1.807, 2.05) is 0 Å². The van der Waals surface area contributed by atoms with Crippen LogP contribution in [0.5, 0.6) is 0 Å². The van der Waals surface area contributed by atoms with Gasteiger partial charge in [0.25, 0.3) is 0 Å². The van der Waals surface area contributed by atoms with Gasteiger partial charge in [0.15, 0.2) is 0 Å². The molecule has 0 heterocycles.